The Kier molecular flexibility index (Phi) is 3.22. The van der Waals surface area contributed by atoms with Gasteiger partial charge in [0.05, 0.1) is 0 Å². The molecule has 4 heteroatoms. The van der Waals surface area contributed by atoms with E-state index in [0.717, 1.165) is 37.3 Å². The number of sulfone groups is 1. The summed E-state index contributed by atoms with van der Waals surface area (Å²) < 4.78 is 22.5. The summed E-state index contributed by atoms with van der Waals surface area (Å²) in [7, 11) is -2.78. The Hall–Kier alpha value is -0.0900. The van der Waals surface area contributed by atoms with Crippen LogP contribution in [0.1, 0.15) is 44.9 Å². The average molecular weight is 271 g/mol. The summed E-state index contributed by atoms with van der Waals surface area (Å²) in [4.78, 5) is 0. The first-order valence-corrected chi connectivity index (χ1v) is 9.43. The van der Waals surface area contributed by atoms with Crippen molar-refractivity contribution in [2.45, 2.75) is 51.0 Å². The molecule has 104 valence electrons. The zero-order valence-corrected chi connectivity index (χ0v) is 12.1. The van der Waals surface area contributed by atoms with Crippen LogP contribution >= 0.6 is 0 Å². The summed E-state index contributed by atoms with van der Waals surface area (Å²) in [6.45, 7) is 1.13. The first-order valence-electron chi connectivity index (χ1n) is 7.37. The Morgan fingerprint density at radius 2 is 1.89 bits per heavy atom. The van der Waals surface area contributed by atoms with Gasteiger partial charge in [-0.05, 0) is 62.2 Å². The van der Waals surface area contributed by atoms with Crippen LogP contribution in [-0.4, -0.2) is 33.0 Å². The molecule has 3 aliphatic rings. The molecule has 0 radical (unpaired) electrons. The normalized spacial score (nSPS) is 38.7. The molecule has 0 aromatic rings. The van der Waals surface area contributed by atoms with E-state index in [1.54, 1.807) is 0 Å². The smallest absolute Gasteiger partial charge is 0.147 e. The highest BCUT2D eigenvalue weighted by Gasteiger charge is 2.53. The second kappa shape index (κ2) is 4.48. The maximum absolute atomic E-state index is 11.2. The van der Waals surface area contributed by atoms with Gasteiger partial charge in [0.1, 0.15) is 9.84 Å². The van der Waals surface area contributed by atoms with Crippen LogP contribution in [0.3, 0.4) is 0 Å². The van der Waals surface area contributed by atoms with E-state index in [1.165, 1.54) is 38.4 Å². The van der Waals surface area contributed by atoms with Gasteiger partial charge in [-0.25, -0.2) is 8.42 Å². The van der Waals surface area contributed by atoms with E-state index in [-0.39, 0.29) is 0 Å². The topological polar surface area (TPSA) is 46.2 Å². The second-order valence-electron chi connectivity index (χ2n) is 7.05. The largest absolute Gasteiger partial charge is 0.313 e. The Bertz CT molecular complexity index is 404. The second-order valence-corrected chi connectivity index (χ2v) is 9.31. The van der Waals surface area contributed by atoms with Crippen molar-refractivity contribution in [1.29, 1.82) is 0 Å². The predicted octanol–water partition coefficient (Wildman–Crippen LogP) is 1.98. The molecule has 0 spiro atoms. The van der Waals surface area contributed by atoms with Crippen molar-refractivity contribution in [1.82, 2.24) is 5.32 Å². The van der Waals surface area contributed by atoms with Crippen LogP contribution in [0.4, 0.5) is 0 Å². The third-order valence-corrected chi connectivity index (χ3v) is 6.06. The van der Waals surface area contributed by atoms with Crippen LogP contribution in [-0.2, 0) is 9.84 Å². The molecule has 2 unspecified atom stereocenters. The third kappa shape index (κ3) is 3.27. The van der Waals surface area contributed by atoms with Gasteiger partial charge in [0, 0.05) is 24.6 Å². The fourth-order valence-electron chi connectivity index (χ4n) is 3.80. The highest BCUT2D eigenvalue weighted by atomic mass is 32.2. The molecule has 0 heterocycles. The third-order valence-electron chi connectivity index (χ3n) is 5.02. The number of fused-ring (bicyclic) bond motifs is 1. The van der Waals surface area contributed by atoms with E-state index in [2.05, 4.69) is 5.32 Å². The van der Waals surface area contributed by atoms with Gasteiger partial charge in [-0.1, -0.05) is 0 Å². The fourth-order valence-corrected chi connectivity index (χ4v) is 4.47. The quantitative estimate of drug-likeness (QED) is 0.770. The molecule has 0 bridgehead atoms. The van der Waals surface area contributed by atoms with Crippen LogP contribution in [0.15, 0.2) is 0 Å². The van der Waals surface area contributed by atoms with Crippen molar-refractivity contribution >= 4 is 9.84 Å². The maximum atomic E-state index is 11.2. The van der Waals surface area contributed by atoms with E-state index in [9.17, 15) is 8.42 Å². The minimum Gasteiger partial charge on any atom is -0.313 e. The van der Waals surface area contributed by atoms with Crippen LogP contribution in [0.25, 0.3) is 0 Å². The van der Waals surface area contributed by atoms with Crippen molar-refractivity contribution in [2.24, 2.45) is 17.3 Å². The molecule has 0 saturated heterocycles. The molecule has 3 saturated carbocycles. The van der Waals surface area contributed by atoms with Crippen molar-refractivity contribution in [2.75, 3.05) is 18.6 Å². The molecule has 18 heavy (non-hydrogen) atoms. The van der Waals surface area contributed by atoms with Gasteiger partial charge >= 0.3 is 0 Å². The van der Waals surface area contributed by atoms with E-state index in [1.807, 2.05) is 0 Å². The number of hydrogen-bond acceptors (Lipinski definition) is 3. The van der Waals surface area contributed by atoms with E-state index >= 15 is 0 Å². The number of nitrogens with one attached hydrogen (secondary N) is 1. The molecule has 0 aliphatic heterocycles. The molecule has 0 aromatic carbocycles. The van der Waals surface area contributed by atoms with Crippen molar-refractivity contribution in [3.05, 3.63) is 0 Å². The summed E-state index contributed by atoms with van der Waals surface area (Å²) in [5.74, 6) is 2.32. The Balaban J connectivity index is 1.52. The zero-order valence-electron chi connectivity index (χ0n) is 11.3. The van der Waals surface area contributed by atoms with Gasteiger partial charge in [-0.15, -0.1) is 0 Å². The van der Waals surface area contributed by atoms with Crippen molar-refractivity contribution in [3.8, 4) is 0 Å². The molecule has 0 aromatic heterocycles. The number of rotatable bonds is 7. The molecule has 3 fully saturated rings. The van der Waals surface area contributed by atoms with E-state index in [0.29, 0.717) is 11.2 Å². The standard InChI is InChI=1S/C14H25NO2S/c1-18(16,17)6-2-5-14(10-15-13-3-4-13)8-11-7-12(11)9-14/h11-13,15H,2-10H2,1H3. The van der Waals surface area contributed by atoms with Crippen LogP contribution < -0.4 is 5.32 Å². The summed E-state index contributed by atoms with van der Waals surface area (Å²) in [6, 6.07) is 0.772. The van der Waals surface area contributed by atoms with Gasteiger partial charge in [-0.2, -0.15) is 0 Å². The lowest BCUT2D eigenvalue weighted by Crippen LogP contribution is -2.35. The van der Waals surface area contributed by atoms with E-state index in [4.69, 9.17) is 0 Å². The average Bonchev–Trinajstić information content (AvgIpc) is 3.15. The van der Waals surface area contributed by atoms with Gasteiger partial charge in [0.2, 0.25) is 0 Å². The van der Waals surface area contributed by atoms with Crippen molar-refractivity contribution < 1.29 is 8.42 Å². The van der Waals surface area contributed by atoms with Gasteiger partial charge in [-0.3, -0.25) is 0 Å². The van der Waals surface area contributed by atoms with Gasteiger partial charge in [0.15, 0.2) is 0 Å². The predicted molar refractivity (Wildman–Crippen MR) is 73.2 cm³/mol. The Labute approximate surface area is 111 Å². The number of hydrogen-bond donors (Lipinski definition) is 1. The summed E-state index contributed by atoms with van der Waals surface area (Å²) in [5.41, 5.74) is 0.431. The van der Waals surface area contributed by atoms with Crippen molar-refractivity contribution in [3.63, 3.8) is 0 Å². The molecular weight excluding hydrogens is 246 g/mol. The molecule has 3 aliphatic carbocycles. The minimum atomic E-state index is -2.78. The lowest BCUT2D eigenvalue weighted by Gasteiger charge is -2.31. The Morgan fingerprint density at radius 3 is 2.44 bits per heavy atom. The van der Waals surface area contributed by atoms with Gasteiger partial charge < -0.3 is 5.32 Å². The minimum absolute atomic E-state index is 0.369. The summed E-state index contributed by atoms with van der Waals surface area (Å²) >= 11 is 0. The molecule has 0 amide bonds. The van der Waals surface area contributed by atoms with Crippen LogP contribution in [0.5, 0.6) is 0 Å². The molecular formula is C14H25NO2S. The lowest BCUT2D eigenvalue weighted by molar-refractivity contribution is 0.227. The van der Waals surface area contributed by atoms with Gasteiger partial charge in [0.25, 0.3) is 0 Å². The van der Waals surface area contributed by atoms with Crippen LogP contribution in [0.2, 0.25) is 0 Å². The maximum Gasteiger partial charge on any atom is 0.147 e. The highest BCUT2D eigenvalue weighted by Crippen LogP contribution is 2.61. The first kappa shape index (κ1) is 12.9. The Morgan fingerprint density at radius 1 is 1.22 bits per heavy atom. The molecule has 2 atom stereocenters. The molecule has 1 N–H and O–H groups in total. The highest BCUT2D eigenvalue weighted by molar-refractivity contribution is 7.90. The molecule has 3 rings (SSSR count). The SMILES string of the molecule is CS(=O)(=O)CCCC1(CNC2CC2)CC2CC2C1. The first-order chi connectivity index (χ1) is 8.46. The van der Waals surface area contributed by atoms with E-state index < -0.39 is 9.84 Å². The summed E-state index contributed by atoms with van der Waals surface area (Å²) in [6.07, 6.45) is 10.1. The monoisotopic (exact) mass is 271 g/mol. The molecule has 3 nitrogen and oxygen atoms in total. The van der Waals surface area contributed by atoms with Crippen LogP contribution in [0, 0.1) is 17.3 Å². The zero-order chi connectivity index (χ0) is 12.8. The lowest BCUT2D eigenvalue weighted by atomic mass is 9.79. The summed E-state index contributed by atoms with van der Waals surface area (Å²) in [5, 5.41) is 3.68. The fraction of sp³-hybridized carbons (Fsp3) is 1.00.